The van der Waals surface area contributed by atoms with Gasteiger partial charge < -0.3 is 5.11 Å². The van der Waals surface area contributed by atoms with Crippen molar-refractivity contribution >= 4 is 55.0 Å². The van der Waals surface area contributed by atoms with E-state index in [2.05, 4.69) is 9.71 Å². The number of nitrogens with zero attached hydrogens (tertiary/aromatic N) is 2. The van der Waals surface area contributed by atoms with Crippen molar-refractivity contribution in [2.24, 2.45) is 0 Å². The Bertz CT molecular complexity index is 775. The second-order valence-corrected chi connectivity index (χ2v) is 7.27. The van der Waals surface area contributed by atoms with Crippen LogP contribution in [0.5, 0.6) is 0 Å². The second-order valence-electron chi connectivity index (χ2n) is 4.19. The molecule has 0 unspecified atom stereocenters. The first-order valence-electron chi connectivity index (χ1n) is 5.79. The molecule has 0 aliphatic rings. The number of hydrogen-bond acceptors (Lipinski definition) is 5. The SMILES string of the molecule is CN(CCC(=O)O)S(=O)(=O)Nc1c(Cl)ccc2scnc12. The predicted octanol–water partition coefficient (Wildman–Crippen LogP) is 2.01. The van der Waals surface area contributed by atoms with Crippen LogP contribution in [0.2, 0.25) is 5.02 Å². The Morgan fingerprint density at radius 3 is 2.90 bits per heavy atom. The summed E-state index contributed by atoms with van der Waals surface area (Å²) in [6.45, 7) is -0.144. The van der Waals surface area contributed by atoms with E-state index < -0.39 is 16.2 Å². The molecule has 0 fully saturated rings. The normalized spacial score (nSPS) is 12.0. The van der Waals surface area contributed by atoms with Gasteiger partial charge in [-0.2, -0.15) is 12.7 Å². The molecule has 1 aromatic heterocycles. The van der Waals surface area contributed by atoms with E-state index in [0.29, 0.717) is 5.52 Å². The van der Waals surface area contributed by atoms with Crippen LogP contribution in [0.25, 0.3) is 10.2 Å². The quantitative estimate of drug-likeness (QED) is 0.831. The first-order valence-corrected chi connectivity index (χ1v) is 8.48. The number of hydrogen-bond donors (Lipinski definition) is 2. The van der Waals surface area contributed by atoms with Gasteiger partial charge in [0.05, 0.1) is 27.3 Å². The lowest BCUT2D eigenvalue weighted by Crippen LogP contribution is -2.34. The van der Waals surface area contributed by atoms with Crippen molar-refractivity contribution < 1.29 is 18.3 Å². The molecule has 2 N–H and O–H groups in total. The van der Waals surface area contributed by atoms with Crippen LogP contribution in [0, 0.1) is 0 Å². The molecule has 1 heterocycles. The predicted molar refractivity (Wildman–Crippen MR) is 82.1 cm³/mol. The molecule has 0 saturated carbocycles. The molecule has 7 nitrogen and oxygen atoms in total. The standard InChI is InChI=1S/C11H12ClN3O4S2/c1-15(5-4-9(16)17)21(18,19)14-10-7(12)2-3-8-11(10)13-6-20-8/h2-3,6,14H,4-5H2,1H3,(H,16,17). The summed E-state index contributed by atoms with van der Waals surface area (Å²) in [6.07, 6.45) is -0.286. The number of halogens is 1. The van der Waals surface area contributed by atoms with Gasteiger partial charge in [0, 0.05) is 13.6 Å². The monoisotopic (exact) mass is 349 g/mol. The number of carbonyl (C=O) groups is 1. The van der Waals surface area contributed by atoms with Crippen LogP contribution in [0.3, 0.4) is 0 Å². The molecule has 0 amide bonds. The van der Waals surface area contributed by atoms with Crippen LogP contribution >= 0.6 is 22.9 Å². The molecule has 2 aromatic rings. The second kappa shape index (κ2) is 6.14. The highest BCUT2D eigenvalue weighted by Gasteiger charge is 2.21. The number of aliphatic carboxylic acids is 1. The summed E-state index contributed by atoms with van der Waals surface area (Å²) in [4.78, 5) is 14.6. The third kappa shape index (κ3) is 3.62. The van der Waals surface area contributed by atoms with Gasteiger partial charge in [0.2, 0.25) is 0 Å². The summed E-state index contributed by atoms with van der Waals surface area (Å²) in [6, 6.07) is 3.33. The number of anilines is 1. The van der Waals surface area contributed by atoms with Crippen LogP contribution in [-0.4, -0.2) is 42.4 Å². The van der Waals surface area contributed by atoms with Crippen LogP contribution in [-0.2, 0) is 15.0 Å². The Labute approximate surface area is 130 Å². The molecular formula is C11H12ClN3O4S2. The van der Waals surface area contributed by atoms with Crippen LogP contribution < -0.4 is 4.72 Å². The fourth-order valence-electron chi connectivity index (χ4n) is 1.58. The number of benzene rings is 1. The number of thiazole rings is 1. The van der Waals surface area contributed by atoms with Crippen molar-refractivity contribution in [2.75, 3.05) is 18.3 Å². The summed E-state index contributed by atoms with van der Waals surface area (Å²) in [5, 5.41) is 8.83. The first-order chi connectivity index (χ1) is 9.81. The minimum absolute atomic E-state index is 0.144. The molecule has 10 heteroatoms. The van der Waals surface area contributed by atoms with E-state index in [4.69, 9.17) is 16.7 Å². The molecular weight excluding hydrogens is 338 g/mol. The Morgan fingerprint density at radius 1 is 1.52 bits per heavy atom. The average molecular weight is 350 g/mol. The van der Waals surface area contributed by atoms with Crippen molar-refractivity contribution in [3.8, 4) is 0 Å². The zero-order chi connectivity index (χ0) is 15.6. The molecule has 114 valence electrons. The van der Waals surface area contributed by atoms with E-state index >= 15 is 0 Å². The minimum Gasteiger partial charge on any atom is -0.481 e. The van der Waals surface area contributed by atoms with Crippen LogP contribution in [0.4, 0.5) is 5.69 Å². The van der Waals surface area contributed by atoms with E-state index in [1.807, 2.05) is 0 Å². The van der Waals surface area contributed by atoms with Gasteiger partial charge in [-0.3, -0.25) is 9.52 Å². The molecule has 0 radical (unpaired) electrons. The molecule has 0 saturated heterocycles. The van der Waals surface area contributed by atoms with Gasteiger partial charge in [0.1, 0.15) is 5.52 Å². The molecule has 2 rings (SSSR count). The summed E-state index contributed by atoms with van der Waals surface area (Å²) in [5.74, 6) is -1.07. The third-order valence-electron chi connectivity index (χ3n) is 2.73. The van der Waals surface area contributed by atoms with E-state index in [1.54, 1.807) is 17.6 Å². The van der Waals surface area contributed by atoms with Crippen LogP contribution in [0.15, 0.2) is 17.6 Å². The number of aromatic nitrogens is 1. The fourth-order valence-corrected chi connectivity index (χ4v) is 3.48. The van der Waals surface area contributed by atoms with Gasteiger partial charge in [0.25, 0.3) is 0 Å². The smallest absolute Gasteiger partial charge is 0.304 e. The fraction of sp³-hybridized carbons (Fsp3) is 0.273. The number of carboxylic acids is 1. The number of rotatable bonds is 6. The Morgan fingerprint density at radius 2 is 2.24 bits per heavy atom. The number of fused-ring (bicyclic) bond motifs is 1. The molecule has 0 aliphatic carbocycles. The van der Waals surface area contributed by atoms with Gasteiger partial charge >= 0.3 is 16.2 Å². The molecule has 1 aromatic carbocycles. The van der Waals surface area contributed by atoms with Crippen LogP contribution in [0.1, 0.15) is 6.42 Å². The zero-order valence-corrected chi connectivity index (χ0v) is 13.3. The maximum atomic E-state index is 12.2. The Balaban J connectivity index is 2.28. The number of nitrogens with one attached hydrogen (secondary N) is 1. The minimum atomic E-state index is -3.90. The average Bonchev–Trinajstić information content (AvgIpc) is 2.87. The summed E-state index contributed by atoms with van der Waals surface area (Å²) < 4.78 is 28.4. The largest absolute Gasteiger partial charge is 0.481 e. The highest BCUT2D eigenvalue weighted by molar-refractivity contribution is 7.90. The summed E-state index contributed by atoms with van der Waals surface area (Å²) in [7, 11) is -2.61. The van der Waals surface area contributed by atoms with E-state index in [0.717, 1.165) is 9.01 Å². The number of carboxylic acid groups (broad SMARTS) is 1. The third-order valence-corrected chi connectivity index (χ3v) is 5.31. The molecule has 21 heavy (non-hydrogen) atoms. The van der Waals surface area contributed by atoms with Crippen molar-refractivity contribution in [1.82, 2.24) is 9.29 Å². The van der Waals surface area contributed by atoms with E-state index in [1.165, 1.54) is 18.4 Å². The lowest BCUT2D eigenvalue weighted by Gasteiger charge is -2.18. The van der Waals surface area contributed by atoms with Crippen molar-refractivity contribution in [3.05, 3.63) is 22.7 Å². The molecule has 0 bridgehead atoms. The Hall–Kier alpha value is -1.42. The molecule has 0 aliphatic heterocycles. The van der Waals surface area contributed by atoms with E-state index in [9.17, 15) is 13.2 Å². The highest BCUT2D eigenvalue weighted by Crippen LogP contribution is 2.33. The zero-order valence-electron chi connectivity index (χ0n) is 10.9. The maximum absolute atomic E-state index is 12.2. The van der Waals surface area contributed by atoms with Gasteiger partial charge in [0.15, 0.2) is 0 Å². The van der Waals surface area contributed by atoms with Crippen molar-refractivity contribution in [2.45, 2.75) is 6.42 Å². The summed E-state index contributed by atoms with van der Waals surface area (Å²) in [5.41, 5.74) is 2.24. The highest BCUT2D eigenvalue weighted by atomic mass is 35.5. The van der Waals surface area contributed by atoms with Gasteiger partial charge in [-0.25, -0.2) is 4.98 Å². The van der Waals surface area contributed by atoms with Gasteiger partial charge in [-0.05, 0) is 12.1 Å². The maximum Gasteiger partial charge on any atom is 0.304 e. The molecule has 0 atom stereocenters. The lowest BCUT2D eigenvalue weighted by atomic mass is 10.3. The topological polar surface area (TPSA) is 99.6 Å². The van der Waals surface area contributed by atoms with E-state index in [-0.39, 0.29) is 23.7 Å². The lowest BCUT2D eigenvalue weighted by molar-refractivity contribution is -0.137. The van der Waals surface area contributed by atoms with Crippen molar-refractivity contribution in [1.29, 1.82) is 0 Å². The first kappa shape index (κ1) is 16.0. The van der Waals surface area contributed by atoms with Gasteiger partial charge in [-0.1, -0.05) is 11.6 Å². The summed E-state index contributed by atoms with van der Waals surface area (Å²) >= 11 is 7.39. The van der Waals surface area contributed by atoms with Crippen molar-refractivity contribution in [3.63, 3.8) is 0 Å². The molecule has 0 spiro atoms. The Kier molecular flexibility index (Phi) is 4.67. The van der Waals surface area contributed by atoms with Gasteiger partial charge in [-0.15, -0.1) is 11.3 Å².